The first-order chi connectivity index (χ1) is 13.0. The Balaban J connectivity index is 1.99. The molecule has 27 heavy (non-hydrogen) atoms. The van der Waals surface area contributed by atoms with E-state index in [4.69, 9.17) is 4.74 Å². The number of amides is 2. The highest BCUT2D eigenvalue weighted by atomic mass is 32.2. The summed E-state index contributed by atoms with van der Waals surface area (Å²) >= 11 is 1.35. The number of hydrogen-bond acceptors (Lipinski definition) is 5. The lowest BCUT2D eigenvalue weighted by Crippen LogP contribution is -2.33. The Bertz CT molecular complexity index is 783. The second kappa shape index (κ2) is 10.6. The monoisotopic (exact) mass is 387 g/mol. The molecule has 2 amide bonds. The number of rotatable bonds is 9. The van der Waals surface area contributed by atoms with E-state index in [1.54, 1.807) is 37.3 Å². The largest absolute Gasteiger partial charge is 0.497 e. The number of benzene rings is 2. The Morgan fingerprint density at radius 3 is 2.67 bits per heavy atom. The molecule has 2 aromatic rings. The average Bonchev–Trinajstić information content (AvgIpc) is 2.70. The predicted octanol–water partition coefficient (Wildman–Crippen LogP) is 2.72. The van der Waals surface area contributed by atoms with Crippen LogP contribution < -0.4 is 15.4 Å². The molecule has 144 valence electrons. The van der Waals surface area contributed by atoms with Crippen molar-refractivity contribution in [2.75, 3.05) is 45.4 Å². The number of hydrogen-bond donors (Lipinski definition) is 2. The third kappa shape index (κ3) is 6.30. The first-order valence-electron chi connectivity index (χ1n) is 8.61. The van der Waals surface area contributed by atoms with Gasteiger partial charge in [-0.25, -0.2) is 0 Å². The molecule has 0 fully saturated rings. The van der Waals surface area contributed by atoms with Crippen LogP contribution in [0.2, 0.25) is 0 Å². The molecule has 0 radical (unpaired) electrons. The fourth-order valence-electron chi connectivity index (χ4n) is 2.40. The molecule has 0 aromatic heterocycles. The number of ether oxygens (including phenoxy) is 1. The quantitative estimate of drug-likeness (QED) is 0.648. The van der Waals surface area contributed by atoms with Gasteiger partial charge >= 0.3 is 0 Å². The summed E-state index contributed by atoms with van der Waals surface area (Å²) in [6.45, 7) is 1.34. The van der Waals surface area contributed by atoms with Crippen molar-refractivity contribution in [3.8, 4) is 5.75 Å². The van der Waals surface area contributed by atoms with Gasteiger partial charge in [0.05, 0.1) is 18.4 Å². The van der Waals surface area contributed by atoms with Crippen molar-refractivity contribution >= 4 is 29.3 Å². The van der Waals surface area contributed by atoms with E-state index in [1.165, 1.54) is 11.8 Å². The minimum atomic E-state index is -0.140. The molecular weight excluding hydrogens is 362 g/mol. The van der Waals surface area contributed by atoms with Crippen molar-refractivity contribution < 1.29 is 14.3 Å². The third-order valence-corrected chi connectivity index (χ3v) is 4.95. The van der Waals surface area contributed by atoms with Gasteiger partial charge in [-0.1, -0.05) is 18.2 Å². The standard InChI is InChI=1S/C20H25N3O3S/c1-21-11-12-23(2)20(25)17-9-4-5-10-18(17)27-14-19(24)22-15-7-6-8-16(13-15)26-3/h4-10,13,21H,11-12,14H2,1-3H3,(H,22,24). The normalized spacial score (nSPS) is 10.3. The Morgan fingerprint density at radius 1 is 1.15 bits per heavy atom. The van der Waals surface area contributed by atoms with Crippen molar-refractivity contribution in [3.63, 3.8) is 0 Å². The molecule has 0 spiro atoms. The van der Waals surface area contributed by atoms with Gasteiger partial charge in [0.2, 0.25) is 5.91 Å². The van der Waals surface area contributed by atoms with Crippen LogP contribution in [0.1, 0.15) is 10.4 Å². The highest BCUT2D eigenvalue weighted by Gasteiger charge is 2.16. The third-order valence-electron chi connectivity index (χ3n) is 3.87. The van der Waals surface area contributed by atoms with Gasteiger partial charge < -0.3 is 20.3 Å². The van der Waals surface area contributed by atoms with Crippen molar-refractivity contribution in [2.24, 2.45) is 0 Å². The molecule has 0 aliphatic heterocycles. The van der Waals surface area contributed by atoms with Crippen LogP contribution in [0, 0.1) is 0 Å². The molecule has 6 nitrogen and oxygen atoms in total. The Labute approximate surface area is 164 Å². The Kier molecular flexibility index (Phi) is 8.16. The maximum Gasteiger partial charge on any atom is 0.254 e. The topological polar surface area (TPSA) is 70.7 Å². The fraction of sp³-hybridized carbons (Fsp3) is 0.300. The van der Waals surface area contributed by atoms with E-state index in [2.05, 4.69) is 10.6 Å². The molecule has 7 heteroatoms. The molecule has 2 aromatic carbocycles. The number of likely N-dealkylation sites (N-methyl/N-ethyl adjacent to an activating group) is 2. The Morgan fingerprint density at radius 2 is 1.93 bits per heavy atom. The second-order valence-corrected chi connectivity index (χ2v) is 6.91. The summed E-state index contributed by atoms with van der Waals surface area (Å²) in [6, 6.07) is 14.6. The number of thioether (sulfide) groups is 1. The van der Waals surface area contributed by atoms with Crippen molar-refractivity contribution in [1.29, 1.82) is 0 Å². The van der Waals surface area contributed by atoms with E-state index in [0.717, 1.165) is 11.4 Å². The Hall–Kier alpha value is -2.51. The zero-order valence-corrected chi connectivity index (χ0v) is 16.6. The molecular formula is C20H25N3O3S. The van der Waals surface area contributed by atoms with Crippen LogP contribution in [-0.4, -0.2) is 56.8 Å². The van der Waals surface area contributed by atoms with Crippen molar-refractivity contribution in [2.45, 2.75) is 4.90 Å². The van der Waals surface area contributed by atoms with Crippen molar-refractivity contribution in [3.05, 3.63) is 54.1 Å². The van der Waals surface area contributed by atoms with E-state index in [0.29, 0.717) is 23.5 Å². The molecule has 0 saturated heterocycles. The molecule has 0 atom stereocenters. The van der Waals surface area contributed by atoms with E-state index >= 15 is 0 Å². The van der Waals surface area contributed by atoms with Crippen LogP contribution in [-0.2, 0) is 4.79 Å². The lowest BCUT2D eigenvalue weighted by Gasteiger charge is -2.18. The second-order valence-electron chi connectivity index (χ2n) is 5.90. The SMILES string of the molecule is CNCCN(C)C(=O)c1ccccc1SCC(=O)Nc1cccc(OC)c1. The summed E-state index contributed by atoms with van der Waals surface area (Å²) < 4.78 is 5.16. The number of anilines is 1. The molecule has 2 N–H and O–H groups in total. The van der Waals surface area contributed by atoms with Crippen LogP contribution in [0.5, 0.6) is 5.75 Å². The number of methoxy groups -OCH3 is 1. The van der Waals surface area contributed by atoms with Gasteiger partial charge in [0.1, 0.15) is 5.75 Å². The minimum absolute atomic E-state index is 0.0541. The average molecular weight is 388 g/mol. The van der Waals surface area contributed by atoms with E-state index < -0.39 is 0 Å². The fourth-order valence-corrected chi connectivity index (χ4v) is 3.24. The first kappa shape index (κ1) is 20.8. The van der Waals surface area contributed by atoms with Gasteiger partial charge in [0, 0.05) is 36.8 Å². The van der Waals surface area contributed by atoms with Crippen LogP contribution in [0.4, 0.5) is 5.69 Å². The zero-order valence-electron chi connectivity index (χ0n) is 15.8. The van der Waals surface area contributed by atoms with E-state index in [-0.39, 0.29) is 17.6 Å². The van der Waals surface area contributed by atoms with Gasteiger partial charge in [-0.2, -0.15) is 0 Å². The highest BCUT2D eigenvalue weighted by Crippen LogP contribution is 2.24. The van der Waals surface area contributed by atoms with Gasteiger partial charge in [0.15, 0.2) is 0 Å². The minimum Gasteiger partial charge on any atom is -0.497 e. The molecule has 0 unspecified atom stereocenters. The van der Waals surface area contributed by atoms with Crippen LogP contribution in [0.25, 0.3) is 0 Å². The first-order valence-corrected chi connectivity index (χ1v) is 9.59. The number of nitrogens with zero attached hydrogens (tertiary/aromatic N) is 1. The van der Waals surface area contributed by atoms with Crippen molar-refractivity contribution in [1.82, 2.24) is 10.2 Å². The molecule has 0 aliphatic carbocycles. The smallest absolute Gasteiger partial charge is 0.254 e. The number of nitrogens with one attached hydrogen (secondary N) is 2. The highest BCUT2D eigenvalue weighted by molar-refractivity contribution is 8.00. The summed E-state index contributed by atoms with van der Waals surface area (Å²) in [5.74, 6) is 0.698. The predicted molar refractivity (Wildman–Crippen MR) is 110 cm³/mol. The molecule has 2 rings (SSSR count). The maximum atomic E-state index is 12.6. The summed E-state index contributed by atoms with van der Waals surface area (Å²) in [7, 11) is 5.21. The van der Waals surface area contributed by atoms with Crippen LogP contribution in [0.3, 0.4) is 0 Å². The van der Waals surface area contributed by atoms with Gasteiger partial charge in [-0.05, 0) is 31.3 Å². The van der Waals surface area contributed by atoms with Gasteiger partial charge in [-0.15, -0.1) is 11.8 Å². The number of carbonyl (C=O) groups is 2. The molecule has 0 heterocycles. The molecule has 0 saturated carbocycles. The molecule has 0 aliphatic rings. The lowest BCUT2D eigenvalue weighted by molar-refractivity contribution is -0.113. The van der Waals surface area contributed by atoms with Crippen LogP contribution in [0.15, 0.2) is 53.4 Å². The summed E-state index contributed by atoms with van der Waals surface area (Å²) in [5.41, 5.74) is 1.28. The van der Waals surface area contributed by atoms with Gasteiger partial charge in [0.25, 0.3) is 5.91 Å². The summed E-state index contributed by atoms with van der Waals surface area (Å²) in [6.07, 6.45) is 0. The number of carbonyl (C=O) groups excluding carboxylic acids is 2. The van der Waals surface area contributed by atoms with E-state index in [9.17, 15) is 9.59 Å². The van der Waals surface area contributed by atoms with E-state index in [1.807, 2.05) is 37.4 Å². The maximum absolute atomic E-state index is 12.6. The summed E-state index contributed by atoms with van der Waals surface area (Å²) in [4.78, 5) is 27.4. The zero-order chi connectivity index (χ0) is 19.6. The lowest BCUT2D eigenvalue weighted by atomic mass is 10.2. The molecule has 0 bridgehead atoms. The van der Waals surface area contributed by atoms with Gasteiger partial charge in [-0.3, -0.25) is 9.59 Å². The van der Waals surface area contributed by atoms with Crippen LogP contribution >= 0.6 is 11.8 Å². The summed E-state index contributed by atoms with van der Waals surface area (Å²) in [5, 5.41) is 5.87.